The molecule has 6 nitrogen and oxygen atoms in total. The molecule has 0 spiro atoms. The summed E-state index contributed by atoms with van der Waals surface area (Å²) in [5.74, 6) is 0.276. The second kappa shape index (κ2) is 8.96. The lowest BCUT2D eigenvalue weighted by Crippen LogP contribution is -2.39. The minimum atomic E-state index is -3.91. The lowest BCUT2D eigenvalue weighted by molar-refractivity contribution is -0.116. The Morgan fingerprint density at radius 3 is 2.52 bits per heavy atom. The van der Waals surface area contributed by atoms with E-state index in [0.29, 0.717) is 36.7 Å². The van der Waals surface area contributed by atoms with Crippen molar-refractivity contribution in [3.63, 3.8) is 0 Å². The molecule has 0 saturated carbocycles. The van der Waals surface area contributed by atoms with Crippen LogP contribution >= 0.6 is 0 Å². The Kier molecular flexibility index (Phi) is 6.29. The van der Waals surface area contributed by atoms with Crippen molar-refractivity contribution in [1.29, 1.82) is 0 Å². The number of fused-ring (bicyclic) bond motifs is 1. The molecular weight excluding hydrogens is 419 g/mol. The molecule has 1 N–H and O–H groups in total. The van der Waals surface area contributed by atoms with E-state index >= 15 is 0 Å². The van der Waals surface area contributed by atoms with Gasteiger partial charge in [0.1, 0.15) is 16.5 Å². The maximum Gasteiger partial charge on any atom is 0.245 e. The topological polar surface area (TPSA) is 75.7 Å². The SMILES string of the molecule is COc1ccc(CCC2CCN(S(=O)(=O)c3cc4c(cc3F)NC(=O)CC4)CC2)cc1. The summed E-state index contributed by atoms with van der Waals surface area (Å²) in [6.45, 7) is 0.783. The summed E-state index contributed by atoms with van der Waals surface area (Å²) in [7, 11) is -2.26. The zero-order valence-electron chi connectivity index (χ0n) is 17.6. The number of ether oxygens (including phenoxy) is 1. The Morgan fingerprint density at radius 2 is 1.84 bits per heavy atom. The van der Waals surface area contributed by atoms with Crippen LogP contribution < -0.4 is 10.1 Å². The first-order valence-corrected chi connectivity index (χ1v) is 12.1. The van der Waals surface area contributed by atoms with E-state index in [9.17, 15) is 17.6 Å². The number of rotatable bonds is 6. The normalized spacial score (nSPS) is 17.8. The summed E-state index contributed by atoms with van der Waals surface area (Å²) in [4.78, 5) is 11.2. The predicted octanol–water partition coefficient (Wildman–Crippen LogP) is 3.75. The van der Waals surface area contributed by atoms with E-state index in [1.165, 1.54) is 15.9 Å². The molecule has 31 heavy (non-hydrogen) atoms. The Balaban J connectivity index is 1.38. The maximum absolute atomic E-state index is 14.6. The lowest BCUT2D eigenvalue weighted by Gasteiger charge is -2.31. The molecule has 2 aliphatic rings. The van der Waals surface area contributed by atoms with Gasteiger partial charge in [0, 0.05) is 25.2 Å². The number of anilines is 1. The number of carbonyl (C=O) groups is 1. The van der Waals surface area contributed by atoms with E-state index in [-0.39, 0.29) is 17.2 Å². The molecule has 0 aliphatic carbocycles. The number of nitrogens with one attached hydrogen (secondary N) is 1. The largest absolute Gasteiger partial charge is 0.497 e. The van der Waals surface area contributed by atoms with Crippen LogP contribution in [0.2, 0.25) is 0 Å². The average molecular weight is 447 g/mol. The highest BCUT2D eigenvalue weighted by atomic mass is 32.2. The fourth-order valence-electron chi connectivity index (χ4n) is 4.32. The highest BCUT2D eigenvalue weighted by Gasteiger charge is 2.32. The molecule has 2 heterocycles. The summed E-state index contributed by atoms with van der Waals surface area (Å²) in [6.07, 6.45) is 4.14. The molecule has 1 fully saturated rings. The molecule has 0 radical (unpaired) electrons. The molecule has 166 valence electrons. The first-order valence-electron chi connectivity index (χ1n) is 10.6. The zero-order chi connectivity index (χ0) is 22.0. The number of methoxy groups -OCH3 is 1. The van der Waals surface area contributed by atoms with E-state index in [2.05, 4.69) is 17.4 Å². The Labute approximate surface area is 182 Å². The van der Waals surface area contributed by atoms with Gasteiger partial charge in [0.05, 0.1) is 7.11 Å². The third kappa shape index (κ3) is 4.75. The zero-order valence-corrected chi connectivity index (χ0v) is 18.4. The van der Waals surface area contributed by atoms with Gasteiger partial charge in [-0.2, -0.15) is 4.31 Å². The van der Waals surface area contributed by atoms with E-state index in [0.717, 1.165) is 37.5 Å². The Bertz CT molecular complexity index is 1060. The van der Waals surface area contributed by atoms with Crippen LogP contribution in [-0.2, 0) is 27.7 Å². The number of carbonyl (C=O) groups excluding carboxylic acids is 1. The molecule has 0 bridgehead atoms. The van der Waals surface area contributed by atoms with Gasteiger partial charge in [-0.1, -0.05) is 12.1 Å². The molecule has 1 amide bonds. The van der Waals surface area contributed by atoms with Crippen LogP contribution in [0, 0.1) is 11.7 Å². The van der Waals surface area contributed by atoms with E-state index in [4.69, 9.17) is 4.74 Å². The average Bonchev–Trinajstić information content (AvgIpc) is 2.77. The summed E-state index contributed by atoms with van der Waals surface area (Å²) < 4.78 is 47.4. The maximum atomic E-state index is 14.6. The van der Waals surface area contributed by atoms with Crippen LogP contribution in [0.5, 0.6) is 5.75 Å². The van der Waals surface area contributed by atoms with E-state index in [1.807, 2.05) is 12.1 Å². The molecular formula is C23H27FN2O4S. The van der Waals surface area contributed by atoms with Crippen molar-refractivity contribution in [2.45, 2.75) is 43.4 Å². The standard InChI is InChI=1S/C23H27FN2O4S/c1-30-19-7-4-16(5-8-19)2-3-17-10-12-26(13-11-17)31(28,29)22-14-18-6-9-23(27)25-21(18)15-20(22)24/h4-5,7-8,14-15,17H,2-3,6,9-13H2,1H3,(H,25,27). The third-order valence-electron chi connectivity index (χ3n) is 6.24. The fraction of sp³-hybridized carbons (Fsp3) is 0.435. The summed E-state index contributed by atoms with van der Waals surface area (Å²) in [5, 5.41) is 2.60. The second-order valence-corrected chi connectivity index (χ2v) is 10.1. The van der Waals surface area contributed by atoms with Crippen LogP contribution in [0.3, 0.4) is 0 Å². The van der Waals surface area contributed by atoms with Gasteiger partial charge in [-0.05, 0) is 73.4 Å². The van der Waals surface area contributed by atoms with Crippen molar-refractivity contribution in [3.05, 3.63) is 53.3 Å². The van der Waals surface area contributed by atoms with E-state index in [1.54, 1.807) is 7.11 Å². The Morgan fingerprint density at radius 1 is 1.13 bits per heavy atom. The van der Waals surface area contributed by atoms with Crippen LogP contribution in [0.4, 0.5) is 10.1 Å². The second-order valence-electron chi connectivity index (χ2n) is 8.22. The first-order chi connectivity index (χ1) is 14.9. The quantitative estimate of drug-likeness (QED) is 0.733. The number of nitrogens with zero attached hydrogens (tertiary/aromatic N) is 1. The predicted molar refractivity (Wildman–Crippen MR) is 116 cm³/mol. The van der Waals surface area contributed by atoms with Gasteiger partial charge in [0.25, 0.3) is 0 Å². The van der Waals surface area contributed by atoms with Gasteiger partial charge < -0.3 is 10.1 Å². The number of halogens is 1. The minimum Gasteiger partial charge on any atom is -0.497 e. The highest BCUT2D eigenvalue weighted by Crippen LogP contribution is 2.32. The van der Waals surface area contributed by atoms with Crippen molar-refractivity contribution in [2.24, 2.45) is 5.92 Å². The van der Waals surface area contributed by atoms with Gasteiger partial charge in [-0.25, -0.2) is 12.8 Å². The fourth-order valence-corrected chi connectivity index (χ4v) is 5.88. The van der Waals surface area contributed by atoms with E-state index < -0.39 is 15.8 Å². The number of aryl methyl sites for hydroxylation is 2. The molecule has 2 aliphatic heterocycles. The number of sulfonamides is 1. The van der Waals surface area contributed by atoms with Crippen LogP contribution in [0.1, 0.15) is 36.8 Å². The molecule has 4 rings (SSSR count). The number of amides is 1. The van der Waals surface area contributed by atoms with Crippen molar-refractivity contribution in [1.82, 2.24) is 4.31 Å². The monoisotopic (exact) mass is 446 g/mol. The number of hydrogen-bond acceptors (Lipinski definition) is 4. The van der Waals surface area contributed by atoms with Crippen LogP contribution in [0.25, 0.3) is 0 Å². The van der Waals surface area contributed by atoms with Crippen molar-refractivity contribution in [3.8, 4) is 5.75 Å². The van der Waals surface area contributed by atoms with Gasteiger partial charge in [0.15, 0.2) is 0 Å². The van der Waals surface area contributed by atoms with Gasteiger partial charge in [-0.15, -0.1) is 0 Å². The van der Waals surface area contributed by atoms with Crippen molar-refractivity contribution < 1.29 is 22.3 Å². The molecule has 0 aromatic heterocycles. The van der Waals surface area contributed by atoms with Crippen LogP contribution in [0.15, 0.2) is 41.3 Å². The molecule has 8 heteroatoms. The molecule has 1 saturated heterocycles. The highest BCUT2D eigenvalue weighted by molar-refractivity contribution is 7.89. The van der Waals surface area contributed by atoms with Gasteiger partial charge in [-0.3, -0.25) is 4.79 Å². The summed E-state index contributed by atoms with van der Waals surface area (Å²) >= 11 is 0. The molecule has 0 unspecified atom stereocenters. The lowest BCUT2D eigenvalue weighted by atomic mass is 9.91. The number of hydrogen-bond donors (Lipinski definition) is 1. The number of piperidine rings is 1. The van der Waals surface area contributed by atoms with Crippen LogP contribution in [-0.4, -0.2) is 38.8 Å². The minimum absolute atomic E-state index is 0.181. The smallest absolute Gasteiger partial charge is 0.245 e. The summed E-state index contributed by atoms with van der Waals surface area (Å²) in [6, 6.07) is 10.5. The van der Waals surface area contributed by atoms with Crippen molar-refractivity contribution in [2.75, 3.05) is 25.5 Å². The summed E-state index contributed by atoms with van der Waals surface area (Å²) in [5.41, 5.74) is 2.26. The van der Waals surface area contributed by atoms with Gasteiger partial charge >= 0.3 is 0 Å². The van der Waals surface area contributed by atoms with Gasteiger partial charge in [0.2, 0.25) is 15.9 Å². The molecule has 2 aromatic rings. The molecule has 0 atom stereocenters. The third-order valence-corrected chi connectivity index (χ3v) is 8.16. The first kappa shape index (κ1) is 21.8. The van der Waals surface area contributed by atoms with Crippen molar-refractivity contribution >= 4 is 21.6 Å². The molecule has 2 aromatic carbocycles. The Hall–Kier alpha value is -2.45. The number of benzene rings is 2.